The molecule has 2 amide bonds. The predicted octanol–water partition coefficient (Wildman–Crippen LogP) is 2.76. The van der Waals surface area contributed by atoms with E-state index in [1.165, 1.54) is 0 Å². The Morgan fingerprint density at radius 3 is 2.74 bits per heavy atom. The van der Waals surface area contributed by atoms with E-state index in [2.05, 4.69) is 16.8 Å². The largest absolute Gasteiger partial charge is 0.472 e. The molecule has 4 rings (SSSR count). The Bertz CT molecular complexity index is 1120. The van der Waals surface area contributed by atoms with Gasteiger partial charge in [-0.2, -0.15) is 0 Å². The molecule has 0 bridgehead atoms. The van der Waals surface area contributed by atoms with Crippen molar-refractivity contribution in [3.05, 3.63) is 59.3 Å². The van der Waals surface area contributed by atoms with Crippen LogP contribution < -0.4 is 4.74 Å². The van der Waals surface area contributed by atoms with Gasteiger partial charge in [0.05, 0.1) is 19.2 Å². The molecule has 2 aromatic rings. The number of nitrogens with zero attached hydrogens (tertiary/aromatic N) is 3. The second-order valence-corrected chi connectivity index (χ2v) is 9.66. The van der Waals surface area contributed by atoms with E-state index >= 15 is 0 Å². The fourth-order valence-corrected chi connectivity index (χ4v) is 4.23. The lowest BCUT2D eigenvalue weighted by molar-refractivity contribution is -0.132. The number of likely N-dealkylation sites (N-methyl/N-ethyl adjacent to an activating group) is 1. The summed E-state index contributed by atoms with van der Waals surface area (Å²) in [6.45, 7) is 4.48. The summed E-state index contributed by atoms with van der Waals surface area (Å²) in [4.78, 5) is 33.9. The van der Waals surface area contributed by atoms with Gasteiger partial charge in [-0.25, -0.2) is 4.98 Å². The molecule has 1 aromatic carbocycles. The van der Waals surface area contributed by atoms with Crippen LogP contribution in [0.2, 0.25) is 0 Å². The van der Waals surface area contributed by atoms with Crippen molar-refractivity contribution in [1.29, 1.82) is 0 Å². The van der Waals surface area contributed by atoms with Crippen molar-refractivity contribution in [2.45, 2.75) is 45.3 Å². The quantitative estimate of drug-likeness (QED) is 0.650. The number of ether oxygens (including phenoxy) is 1. The molecule has 1 aromatic heterocycles. The maximum absolute atomic E-state index is 13.5. The molecule has 2 heterocycles. The van der Waals surface area contributed by atoms with Gasteiger partial charge in [0.1, 0.15) is 11.7 Å². The Morgan fingerprint density at radius 1 is 1.31 bits per heavy atom. The van der Waals surface area contributed by atoms with Gasteiger partial charge in [0, 0.05) is 43.6 Å². The molecule has 1 fully saturated rings. The van der Waals surface area contributed by atoms with E-state index in [4.69, 9.17) is 4.74 Å². The third-order valence-corrected chi connectivity index (χ3v) is 6.65. The fraction of sp³-hybridized carbons (Fsp3) is 0.464. The number of hydrogen-bond donors (Lipinski definition) is 1. The van der Waals surface area contributed by atoms with E-state index in [0.717, 1.165) is 18.4 Å². The van der Waals surface area contributed by atoms with Gasteiger partial charge in [-0.05, 0) is 31.4 Å². The highest BCUT2D eigenvalue weighted by Gasteiger charge is 2.37. The van der Waals surface area contributed by atoms with Crippen molar-refractivity contribution in [1.82, 2.24) is 14.8 Å². The van der Waals surface area contributed by atoms with Crippen LogP contribution in [0.15, 0.2) is 42.6 Å². The molecular weight excluding hydrogens is 442 g/mol. The summed E-state index contributed by atoms with van der Waals surface area (Å²) >= 11 is 0. The first kappa shape index (κ1) is 24.7. The maximum atomic E-state index is 13.5. The first-order valence-corrected chi connectivity index (χ1v) is 12.2. The average Bonchev–Trinajstić information content (AvgIpc) is 3.71. The highest BCUT2D eigenvalue weighted by Crippen LogP contribution is 2.32. The van der Waals surface area contributed by atoms with Crippen molar-refractivity contribution in [2.75, 3.05) is 26.7 Å². The Labute approximate surface area is 207 Å². The second-order valence-electron chi connectivity index (χ2n) is 9.66. The van der Waals surface area contributed by atoms with Crippen LogP contribution in [-0.4, -0.2) is 70.6 Å². The number of aliphatic hydroxyl groups is 1. The molecule has 184 valence electrons. The van der Waals surface area contributed by atoms with Crippen molar-refractivity contribution in [3.63, 3.8) is 0 Å². The van der Waals surface area contributed by atoms with Crippen molar-refractivity contribution < 1.29 is 19.4 Å². The molecule has 7 heteroatoms. The van der Waals surface area contributed by atoms with Gasteiger partial charge >= 0.3 is 0 Å². The summed E-state index contributed by atoms with van der Waals surface area (Å²) in [5, 5.41) is 9.82. The van der Waals surface area contributed by atoms with E-state index in [1.54, 1.807) is 29.1 Å². The number of benzene rings is 1. The average molecular weight is 476 g/mol. The van der Waals surface area contributed by atoms with Gasteiger partial charge in [0.2, 0.25) is 11.8 Å². The smallest absolute Gasteiger partial charge is 0.259 e. The number of carbonyl (C=O) groups excluding carboxylic acids is 2. The zero-order chi connectivity index (χ0) is 24.9. The monoisotopic (exact) mass is 475 g/mol. The van der Waals surface area contributed by atoms with Crippen molar-refractivity contribution >= 4 is 11.8 Å². The zero-order valence-corrected chi connectivity index (χ0v) is 20.6. The van der Waals surface area contributed by atoms with E-state index in [0.29, 0.717) is 30.6 Å². The molecular formula is C28H33N3O4. The summed E-state index contributed by atoms with van der Waals surface area (Å²) in [5.74, 6) is 6.44. The summed E-state index contributed by atoms with van der Waals surface area (Å²) in [7, 11) is 1.80. The molecule has 1 N–H and O–H groups in total. The second kappa shape index (κ2) is 10.9. The van der Waals surface area contributed by atoms with Crippen LogP contribution in [0.5, 0.6) is 5.88 Å². The van der Waals surface area contributed by atoms with Gasteiger partial charge in [0.25, 0.3) is 5.91 Å². The van der Waals surface area contributed by atoms with Gasteiger partial charge in [-0.1, -0.05) is 49.1 Å². The first-order valence-electron chi connectivity index (χ1n) is 12.2. The molecule has 0 unspecified atom stereocenters. The lowest BCUT2D eigenvalue weighted by Gasteiger charge is -2.37. The maximum Gasteiger partial charge on any atom is 0.259 e. The molecule has 1 aliphatic heterocycles. The van der Waals surface area contributed by atoms with Crippen molar-refractivity contribution in [3.8, 4) is 17.7 Å². The SMILES string of the molecule is C[C@@H]1CN([C@@H](C)CO)C(=O)c2cc(C#CCc3ccccc3)cnc2O[C@H]1CN(C)C(=O)C1CC1. The van der Waals surface area contributed by atoms with Crippen LogP contribution in [0, 0.1) is 23.7 Å². The number of fused-ring (bicyclic) bond motifs is 1. The summed E-state index contributed by atoms with van der Waals surface area (Å²) in [6, 6.07) is 11.3. The van der Waals surface area contributed by atoms with Crippen LogP contribution in [0.1, 0.15) is 48.2 Å². The van der Waals surface area contributed by atoms with Gasteiger partial charge < -0.3 is 19.6 Å². The third kappa shape index (κ3) is 6.01. The highest BCUT2D eigenvalue weighted by molar-refractivity contribution is 5.97. The Hall–Kier alpha value is -3.37. The molecule has 0 saturated heterocycles. The number of aliphatic hydroxyl groups excluding tert-OH is 1. The predicted molar refractivity (Wildman–Crippen MR) is 133 cm³/mol. The number of pyridine rings is 1. The Morgan fingerprint density at radius 2 is 2.06 bits per heavy atom. The van der Waals surface area contributed by atoms with Crippen LogP contribution in [-0.2, 0) is 11.2 Å². The topological polar surface area (TPSA) is 83.0 Å². The molecule has 2 aliphatic rings. The molecule has 1 saturated carbocycles. The molecule has 0 radical (unpaired) electrons. The normalized spacial score (nSPS) is 20.5. The minimum absolute atomic E-state index is 0.0670. The van der Waals surface area contributed by atoms with Crippen molar-refractivity contribution in [2.24, 2.45) is 11.8 Å². The molecule has 7 nitrogen and oxygen atoms in total. The van der Waals surface area contributed by atoms with E-state index < -0.39 is 0 Å². The summed E-state index contributed by atoms with van der Waals surface area (Å²) in [5.41, 5.74) is 2.06. The van der Waals surface area contributed by atoms with Crippen LogP contribution in [0.25, 0.3) is 0 Å². The van der Waals surface area contributed by atoms with Crippen LogP contribution >= 0.6 is 0 Å². The van der Waals surface area contributed by atoms with Gasteiger partial charge in [-0.3, -0.25) is 9.59 Å². The lowest BCUT2D eigenvalue weighted by atomic mass is 9.99. The minimum Gasteiger partial charge on any atom is -0.472 e. The number of aromatic nitrogens is 1. The Kier molecular flexibility index (Phi) is 7.72. The molecule has 0 spiro atoms. The van der Waals surface area contributed by atoms with Crippen LogP contribution in [0.4, 0.5) is 0 Å². The number of rotatable bonds is 6. The van der Waals surface area contributed by atoms with Crippen LogP contribution in [0.3, 0.4) is 0 Å². The molecule has 1 aliphatic carbocycles. The highest BCUT2D eigenvalue weighted by atomic mass is 16.5. The lowest BCUT2D eigenvalue weighted by Crippen LogP contribution is -2.50. The number of amides is 2. The Balaban J connectivity index is 1.61. The first-order chi connectivity index (χ1) is 16.9. The van der Waals surface area contributed by atoms with E-state index in [1.807, 2.05) is 44.2 Å². The fourth-order valence-electron chi connectivity index (χ4n) is 4.23. The number of carbonyl (C=O) groups is 2. The standard InChI is InChI=1S/C28H33N3O4/c1-19-16-31(20(2)18-32)28(34)24-14-22(11-7-10-21-8-5-4-6-9-21)15-29-26(24)35-25(19)17-30(3)27(33)23-12-13-23/h4-6,8-9,14-15,19-20,23,25,32H,10,12-13,16-18H2,1-3H3/t19-,20+,25+/m1/s1. The zero-order valence-electron chi connectivity index (χ0n) is 20.6. The molecule has 3 atom stereocenters. The van der Waals surface area contributed by atoms with E-state index in [-0.39, 0.29) is 48.3 Å². The molecule has 35 heavy (non-hydrogen) atoms. The minimum atomic E-state index is -0.366. The summed E-state index contributed by atoms with van der Waals surface area (Å²) < 4.78 is 6.27. The van der Waals surface area contributed by atoms with Gasteiger partial charge in [0.15, 0.2) is 0 Å². The number of hydrogen-bond acceptors (Lipinski definition) is 5. The van der Waals surface area contributed by atoms with E-state index in [9.17, 15) is 14.7 Å². The third-order valence-electron chi connectivity index (χ3n) is 6.65. The summed E-state index contributed by atoms with van der Waals surface area (Å²) in [6.07, 6.45) is 3.76. The van der Waals surface area contributed by atoms with Gasteiger partial charge in [-0.15, -0.1) is 0 Å².